The summed E-state index contributed by atoms with van der Waals surface area (Å²) in [7, 11) is 0. The van der Waals surface area contributed by atoms with Gasteiger partial charge in [0.2, 0.25) is 5.91 Å². The Hall–Kier alpha value is -1.14. The lowest BCUT2D eigenvalue weighted by Gasteiger charge is -2.33. The molecule has 6 heteroatoms. The zero-order valence-corrected chi connectivity index (χ0v) is 11.2. The van der Waals surface area contributed by atoms with Crippen LogP contribution in [0.2, 0.25) is 0 Å². The van der Waals surface area contributed by atoms with Crippen LogP contribution in [0.5, 0.6) is 0 Å². The molecule has 2 rings (SSSR count). The number of carbonyl (C=O) groups excluding carboxylic acids is 2. The van der Waals surface area contributed by atoms with Crippen molar-refractivity contribution in [2.24, 2.45) is 17.4 Å². The third kappa shape index (κ3) is 3.67. The van der Waals surface area contributed by atoms with E-state index in [1.165, 1.54) is 0 Å². The van der Waals surface area contributed by atoms with E-state index in [4.69, 9.17) is 16.2 Å². The van der Waals surface area contributed by atoms with Crippen molar-refractivity contribution in [1.29, 1.82) is 0 Å². The Balaban J connectivity index is 1.78. The minimum absolute atomic E-state index is 0.0290. The topological polar surface area (TPSA) is 98.7 Å². The van der Waals surface area contributed by atoms with Crippen molar-refractivity contribution in [3.63, 3.8) is 0 Å². The highest BCUT2D eigenvalue weighted by atomic mass is 16.5. The molecule has 0 saturated carbocycles. The Bertz CT molecular complexity index is 340. The van der Waals surface area contributed by atoms with Gasteiger partial charge in [0.15, 0.2) is 0 Å². The van der Waals surface area contributed by atoms with Crippen molar-refractivity contribution in [2.45, 2.75) is 44.3 Å². The number of nitrogens with two attached hydrogens (primary N) is 2. The van der Waals surface area contributed by atoms with Gasteiger partial charge >= 0.3 is 0 Å². The van der Waals surface area contributed by atoms with E-state index in [9.17, 15) is 9.59 Å². The summed E-state index contributed by atoms with van der Waals surface area (Å²) in [4.78, 5) is 25.0. The quantitative estimate of drug-likeness (QED) is 0.726. The molecule has 19 heavy (non-hydrogen) atoms. The van der Waals surface area contributed by atoms with Gasteiger partial charge in [0.1, 0.15) is 6.10 Å². The summed E-state index contributed by atoms with van der Waals surface area (Å²) in [5.41, 5.74) is 10.7. The van der Waals surface area contributed by atoms with Crippen LogP contribution in [0.3, 0.4) is 0 Å². The largest absolute Gasteiger partial charge is 0.370 e. The van der Waals surface area contributed by atoms with E-state index >= 15 is 0 Å². The molecule has 2 atom stereocenters. The second kappa shape index (κ2) is 6.34. The van der Waals surface area contributed by atoms with Crippen molar-refractivity contribution in [1.82, 2.24) is 4.90 Å². The van der Waals surface area contributed by atoms with Crippen LogP contribution >= 0.6 is 0 Å². The Morgan fingerprint density at radius 1 is 1.16 bits per heavy atom. The van der Waals surface area contributed by atoms with Gasteiger partial charge in [-0.3, -0.25) is 9.59 Å². The number of ether oxygens (including phenoxy) is 1. The minimum atomic E-state index is -0.318. The number of likely N-dealkylation sites (tertiary alicyclic amines) is 1. The van der Waals surface area contributed by atoms with E-state index in [-0.39, 0.29) is 24.0 Å². The van der Waals surface area contributed by atoms with Crippen molar-refractivity contribution in [3.05, 3.63) is 0 Å². The maximum absolute atomic E-state index is 12.3. The standard InChI is InChI=1S/C13H23N3O3/c14-8-10-1-2-11(19-10)13(18)16-5-3-9(4-6-16)7-12(15)17/h9-11H,1-8,14H2,(H2,15,17). The van der Waals surface area contributed by atoms with E-state index in [1.54, 1.807) is 0 Å². The monoisotopic (exact) mass is 269 g/mol. The van der Waals surface area contributed by atoms with Crippen LogP contribution in [0.25, 0.3) is 0 Å². The van der Waals surface area contributed by atoms with Gasteiger partial charge in [0.25, 0.3) is 5.91 Å². The third-order valence-electron chi connectivity index (χ3n) is 4.06. The second-order valence-corrected chi connectivity index (χ2v) is 5.50. The molecule has 0 bridgehead atoms. The molecule has 0 radical (unpaired) electrons. The first-order valence-corrected chi connectivity index (χ1v) is 7.02. The molecule has 2 saturated heterocycles. The molecule has 6 nitrogen and oxygen atoms in total. The highest BCUT2D eigenvalue weighted by Gasteiger charge is 2.34. The summed E-state index contributed by atoms with van der Waals surface area (Å²) in [6.07, 6.45) is 3.47. The van der Waals surface area contributed by atoms with E-state index in [0.29, 0.717) is 32.0 Å². The molecule has 0 aromatic carbocycles. The van der Waals surface area contributed by atoms with Crippen LogP contribution in [0.4, 0.5) is 0 Å². The summed E-state index contributed by atoms with van der Waals surface area (Å²) in [6.45, 7) is 1.87. The molecule has 2 aliphatic heterocycles. The maximum Gasteiger partial charge on any atom is 0.251 e. The van der Waals surface area contributed by atoms with Gasteiger partial charge in [-0.2, -0.15) is 0 Å². The van der Waals surface area contributed by atoms with E-state index < -0.39 is 0 Å². The first-order chi connectivity index (χ1) is 9.10. The average Bonchev–Trinajstić information content (AvgIpc) is 2.87. The molecule has 0 aromatic heterocycles. The second-order valence-electron chi connectivity index (χ2n) is 5.50. The highest BCUT2D eigenvalue weighted by Crippen LogP contribution is 2.25. The van der Waals surface area contributed by atoms with E-state index in [0.717, 1.165) is 25.7 Å². The van der Waals surface area contributed by atoms with Crippen molar-refractivity contribution in [2.75, 3.05) is 19.6 Å². The number of hydrogen-bond donors (Lipinski definition) is 2. The number of carbonyl (C=O) groups is 2. The number of rotatable bonds is 4. The molecular weight excluding hydrogens is 246 g/mol. The molecule has 4 N–H and O–H groups in total. The van der Waals surface area contributed by atoms with Crippen LogP contribution in [0.15, 0.2) is 0 Å². The van der Waals surface area contributed by atoms with Gasteiger partial charge in [-0.05, 0) is 31.6 Å². The van der Waals surface area contributed by atoms with Crippen LogP contribution in [-0.4, -0.2) is 48.6 Å². The van der Waals surface area contributed by atoms with Crippen LogP contribution in [0, 0.1) is 5.92 Å². The fourth-order valence-corrected chi connectivity index (χ4v) is 2.91. The lowest BCUT2D eigenvalue weighted by Crippen LogP contribution is -2.44. The Morgan fingerprint density at radius 3 is 2.37 bits per heavy atom. The summed E-state index contributed by atoms with van der Waals surface area (Å²) in [5, 5.41) is 0. The maximum atomic E-state index is 12.3. The first kappa shape index (κ1) is 14.3. The fraction of sp³-hybridized carbons (Fsp3) is 0.846. The third-order valence-corrected chi connectivity index (χ3v) is 4.06. The van der Waals surface area contributed by atoms with Crippen molar-refractivity contribution in [3.8, 4) is 0 Å². The van der Waals surface area contributed by atoms with Gasteiger partial charge in [0, 0.05) is 26.1 Å². The average molecular weight is 269 g/mol. The fourth-order valence-electron chi connectivity index (χ4n) is 2.91. The summed E-state index contributed by atoms with van der Waals surface area (Å²) >= 11 is 0. The molecular formula is C13H23N3O3. The normalized spacial score (nSPS) is 28.6. The SMILES string of the molecule is NCC1CCC(C(=O)N2CCC(CC(N)=O)CC2)O1. The minimum Gasteiger partial charge on any atom is -0.370 e. The van der Waals surface area contributed by atoms with Gasteiger partial charge in [-0.15, -0.1) is 0 Å². The van der Waals surface area contributed by atoms with Gasteiger partial charge in [-0.25, -0.2) is 0 Å². The molecule has 2 heterocycles. The van der Waals surface area contributed by atoms with Crippen LogP contribution in [-0.2, 0) is 14.3 Å². The Labute approximate surface area is 113 Å². The zero-order chi connectivity index (χ0) is 13.8. The van der Waals surface area contributed by atoms with Crippen molar-refractivity contribution < 1.29 is 14.3 Å². The smallest absolute Gasteiger partial charge is 0.251 e. The number of amides is 2. The molecule has 0 spiro atoms. The molecule has 2 aliphatic rings. The Morgan fingerprint density at radius 2 is 1.84 bits per heavy atom. The Kier molecular flexibility index (Phi) is 4.76. The summed E-state index contributed by atoms with van der Waals surface area (Å²) in [5.74, 6) is 0.144. The molecule has 108 valence electrons. The van der Waals surface area contributed by atoms with E-state index in [1.807, 2.05) is 4.90 Å². The number of piperidine rings is 1. The zero-order valence-electron chi connectivity index (χ0n) is 11.2. The van der Waals surface area contributed by atoms with Gasteiger partial charge in [0.05, 0.1) is 6.10 Å². The molecule has 0 aromatic rings. The number of primary amides is 1. The summed E-state index contributed by atoms with van der Waals surface area (Å²) in [6, 6.07) is 0. The molecule has 2 unspecified atom stereocenters. The van der Waals surface area contributed by atoms with E-state index in [2.05, 4.69) is 0 Å². The molecule has 2 fully saturated rings. The predicted octanol–water partition coefficient (Wildman–Crippen LogP) is -0.393. The lowest BCUT2D eigenvalue weighted by molar-refractivity contribution is -0.144. The predicted molar refractivity (Wildman–Crippen MR) is 70.1 cm³/mol. The first-order valence-electron chi connectivity index (χ1n) is 7.02. The van der Waals surface area contributed by atoms with Gasteiger partial charge in [-0.1, -0.05) is 0 Å². The number of hydrogen-bond acceptors (Lipinski definition) is 4. The molecule has 0 aliphatic carbocycles. The van der Waals surface area contributed by atoms with Crippen LogP contribution in [0.1, 0.15) is 32.1 Å². The van der Waals surface area contributed by atoms with Crippen molar-refractivity contribution >= 4 is 11.8 Å². The van der Waals surface area contributed by atoms with Gasteiger partial charge < -0.3 is 21.1 Å². The molecule has 2 amide bonds. The summed E-state index contributed by atoms with van der Waals surface area (Å²) < 4.78 is 5.63. The van der Waals surface area contributed by atoms with Crippen LogP contribution < -0.4 is 11.5 Å². The lowest BCUT2D eigenvalue weighted by atomic mass is 9.93. The highest BCUT2D eigenvalue weighted by molar-refractivity contribution is 5.81. The number of nitrogens with zero attached hydrogens (tertiary/aromatic N) is 1.